The van der Waals surface area contributed by atoms with Crippen molar-refractivity contribution in [1.29, 1.82) is 0 Å². The van der Waals surface area contributed by atoms with E-state index in [1.54, 1.807) is 11.3 Å². The van der Waals surface area contributed by atoms with Gasteiger partial charge in [0.25, 0.3) is 0 Å². The molecule has 2 heterocycles. The van der Waals surface area contributed by atoms with E-state index >= 15 is 0 Å². The fourth-order valence-corrected chi connectivity index (χ4v) is 3.54. The molecule has 1 aromatic heterocycles. The predicted octanol–water partition coefficient (Wildman–Crippen LogP) is 3.10. The van der Waals surface area contributed by atoms with Gasteiger partial charge < -0.3 is 0 Å². The lowest BCUT2D eigenvalue weighted by Gasteiger charge is -2.18. The minimum Gasteiger partial charge on any atom is -0.249 e. The number of thiazole rings is 1. The normalized spacial score (nSPS) is 25.3. The molecule has 1 aliphatic heterocycles. The summed E-state index contributed by atoms with van der Waals surface area (Å²) in [6, 6.07) is 0. The Kier molecular flexibility index (Phi) is 2.48. The highest BCUT2D eigenvalue weighted by Gasteiger charge is 2.17. The zero-order valence-corrected chi connectivity index (χ0v) is 7.96. The van der Waals surface area contributed by atoms with Crippen molar-refractivity contribution in [1.82, 2.24) is 4.98 Å². The lowest BCUT2D eigenvalue weighted by atomic mass is 10.2. The molecule has 0 spiro atoms. The van der Waals surface area contributed by atoms with Crippen molar-refractivity contribution in [3.63, 3.8) is 0 Å². The SMILES string of the molecule is c1csc(C2CCCCS2)n1. The zero-order valence-electron chi connectivity index (χ0n) is 6.32. The maximum atomic E-state index is 4.34. The van der Waals surface area contributed by atoms with Gasteiger partial charge in [0.15, 0.2) is 0 Å². The summed E-state index contributed by atoms with van der Waals surface area (Å²) in [7, 11) is 0. The Hall–Kier alpha value is -0.0200. The van der Waals surface area contributed by atoms with Crippen molar-refractivity contribution in [2.75, 3.05) is 5.75 Å². The number of hydrogen-bond donors (Lipinski definition) is 0. The maximum Gasteiger partial charge on any atom is 0.105 e. The van der Waals surface area contributed by atoms with E-state index in [2.05, 4.69) is 22.1 Å². The van der Waals surface area contributed by atoms with Gasteiger partial charge in [-0.25, -0.2) is 4.98 Å². The Morgan fingerprint density at radius 3 is 3.09 bits per heavy atom. The molecule has 1 unspecified atom stereocenters. The zero-order chi connectivity index (χ0) is 7.52. The molecule has 60 valence electrons. The largest absolute Gasteiger partial charge is 0.249 e. The van der Waals surface area contributed by atoms with Crippen LogP contribution in [-0.2, 0) is 0 Å². The van der Waals surface area contributed by atoms with E-state index in [4.69, 9.17) is 0 Å². The molecule has 11 heavy (non-hydrogen) atoms. The Morgan fingerprint density at radius 1 is 1.45 bits per heavy atom. The lowest BCUT2D eigenvalue weighted by Crippen LogP contribution is -2.00. The molecule has 2 rings (SSSR count). The third-order valence-corrected chi connectivity index (χ3v) is 4.33. The van der Waals surface area contributed by atoms with Crippen molar-refractivity contribution in [3.05, 3.63) is 16.6 Å². The standard InChI is InChI=1S/C8H11NS2/c1-2-5-10-7(3-1)8-9-4-6-11-8/h4,6-7H,1-3,5H2. The van der Waals surface area contributed by atoms with E-state index in [0.717, 1.165) is 0 Å². The van der Waals surface area contributed by atoms with Gasteiger partial charge in [-0.3, -0.25) is 0 Å². The molecule has 0 aliphatic carbocycles. The molecular formula is C8H11NS2. The fourth-order valence-electron chi connectivity index (χ4n) is 1.33. The summed E-state index contributed by atoms with van der Waals surface area (Å²) in [5.74, 6) is 1.32. The second-order valence-electron chi connectivity index (χ2n) is 2.73. The Morgan fingerprint density at radius 2 is 2.45 bits per heavy atom. The van der Waals surface area contributed by atoms with E-state index in [0.29, 0.717) is 5.25 Å². The number of thioether (sulfide) groups is 1. The Labute approximate surface area is 75.2 Å². The maximum absolute atomic E-state index is 4.34. The first-order valence-corrected chi connectivity index (χ1v) is 5.90. The van der Waals surface area contributed by atoms with Gasteiger partial charge in [0, 0.05) is 11.6 Å². The van der Waals surface area contributed by atoms with Gasteiger partial charge in [0.2, 0.25) is 0 Å². The lowest BCUT2D eigenvalue weighted by molar-refractivity contribution is 0.684. The molecule has 0 aromatic carbocycles. The number of rotatable bonds is 1. The van der Waals surface area contributed by atoms with Crippen molar-refractivity contribution in [2.24, 2.45) is 0 Å². The van der Waals surface area contributed by atoms with E-state index in [1.165, 1.54) is 30.0 Å². The van der Waals surface area contributed by atoms with E-state index in [1.807, 2.05) is 6.20 Å². The molecule has 1 saturated heterocycles. The monoisotopic (exact) mass is 185 g/mol. The second kappa shape index (κ2) is 3.59. The molecule has 3 heteroatoms. The van der Waals surface area contributed by atoms with Crippen LogP contribution in [0.4, 0.5) is 0 Å². The first-order valence-electron chi connectivity index (χ1n) is 3.98. The van der Waals surface area contributed by atoms with Gasteiger partial charge in [0.1, 0.15) is 5.01 Å². The van der Waals surface area contributed by atoms with Crippen molar-refractivity contribution in [3.8, 4) is 0 Å². The summed E-state index contributed by atoms with van der Waals surface area (Å²) >= 11 is 3.87. The van der Waals surface area contributed by atoms with E-state index < -0.39 is 0 Å². The van der Waals surface area contributed by atoms with Gasteiger partial charge in [-0.2, -0.15) is 11.8 Å². The molecule has 1 aromatic rings. The van der Waals surface area contributed by atoms with Gasteiger partial charge in [0.05, 0.1) is 5.25 Å². The first kappa shape index (κ1) is 7.62. The number of aromatic nitrogens is 1. The Bertz CT molecular complexity index is 202. The molecule has 1 atom stereocenters. The third-order valence-electron chi connectivity index (χ3n) is 1.91. The van der Waals surface area contributed by atoms with Crippen LogP contribution in [0.5, 0.6) is 0 Å². The van der Waals surface area contributed by atoms with E-state index in [-0.39, 0.29) is 0 Å². The Balaban J connectivity index is 2.04. The van der Waals surface area contributed by atoms with Crippen LogP contribution in [0.15, 0.2) is 11.6 Å². The van der Waals surface area contributed by atoms with Gasteiger partial charge in [-0.1, -0.05) is 6.42 Å². The van der Waals surface area contributed by atoms with Crippen molar-refractivity contribution < 1.29 is 0 Å². The summed E-state index contributed by atoms with van der Waals surface area (Å²) in [5, 5.41) is 4.11. The van der Waals surface area contributed by atoms with Crippen LogP contribution in [-0.4, -0.2) is 10.7 Å². The molecule has 1 fully saturated rings. The summed E-state index contributed by atoms with van der Waals surface area (Å²) in [6.45, 7) is 0. The minimum atomic E-state index is 0.712. The predicted molar refractivity (Wildman–Crippen MR) is 51.2 cm³/mol. The van der Waals surface area contributed by atoms with Crippen LogP contribution in [0, 0.1) is 0 Å². The molecule has 0 bridgehead atoms. The van der Waals surface area contributed by atoms with Crippen LogP contribution in [0.3, 0.4) is 0 Å². The molecular weight excluding hydrogens is 174 g/mol. The first-order chi connectivity index (χ1) is 5.47. The van der Waals surface area contributed by atoms with Crippen LogP contribution < -0.4 is 0 Å². The van der Waals surface area contributed by atoms with Crippen LogP contribution >= 0.6 is 23.1 Å². The summed E-state index contributed by atoms with van der Waals surface area (Å²) in [6.07, 6.45) is 6.02. The topological polar surface area (TPSA) is 12.9 Å². The summed E-state index contributed by atoms with van der Waals surface area (Å²) in [5.41, 5.74) is 0. The number of hydrogen-bond acceptors (Lipinski definition) is 3. The molecule has 0 amide bonds. The highest BCUT2D eigenvalue weighted by molar-refractivity contribution is 7.99. The smallest absolute Gasteiger partial charge is 0.105 e. The summed E-state index contributed by atoms with van der Waals surface area (Å²) in [4.78, 5) is 4.34. The second-order valence-corrected chi connectivity index (χ2v) is 4.96. The minimum absolute atomic E-state index is 0.712. The van der Waals surface area contributed by atoms with Crippen LogP contribution in [0.2, 0.25) is 0 Å². The third kappa shape index (κ3) is 1.76. The van der Waals surface area contributed by atoms with Gasteiger partial charge >= 0.3 is 0 Å². The number of nitrogens with zero attached hydrogens (tertiary/aromatic N) is 1. The van der Waals surface area contributed by atoms with Gasteiger partial charge in [-0.05, 0) is 18.6 Å². The quantitative estimate of drug-likeness (QED) is 0.667. The van der Waals surface area contributed by atoms with Crippen molar-refractivity contribution in [2.45, 2.75) is 24.5 Å². The average molecular weight is 185 g/mol. The van der Waals surface area contributed by atoms with Gasteiger partial charge in [-0.15, -0.1) is 11.3 Å². The van der Waals surface area contributed by atoms with Crippen LogP contribution in [0.1, 0.15) is 29.5 Å². The molecule has 1 nitrogen and oxygen atoms in total. The van der Waals surface area contributed by atoms with Crippen LogP contribution in [0.25, 0.3) is 0 Å². The highest BCUT2D eigenvalue weighted by Crippen LogP contribution is 2.38. The molecule has 0 saturated carbocycles. The average Bonchev–Trinajstić information content (AvgIpc) is 2.58. The highest BCUT2D eigenvalue weighted by atomic mass is 32.2. The van der Waals surface area contributed by atoms with E-state index in [9.17, 15) is 0 Å². The molecule has 1 aliphatic rings. The fraction of sp³-hybridized carbons (Fsp3) is 0.625. The molecule has 0 N–H and O–H groups in total. The molecule has 0 radical (unpaired) electrons. The summed E-state index contributed by atoms with van der Waals surface area (Å²) < 4.78 is 0. The van der Waals surface area contributed by atoms with Crippen molar-refractivity contribution >= 4 is 23.1 Å².